The molecule has 0 saturated carbocycles. The summed E-state index contributed by atoms with van der Waals surface area (Å²) >= 11 is 0. The van der Waals surface area contributed by atoms with Gasteiger partial charge in [0.2, 0.25) is 0 Å². The van der Waals surface area contributed by atoms with Gasteiger partial charge in [-0.3, -0.25) is 0 Å². The standard InChI is InChI=1S/C13H23NO6/c1-12(2,3)9(10(15)16)14-11(17)20-7-13(4)5-18-8-19-6-13/h9H,5-8H2,1-4H3,(H,14,17)(H,15,16)/t9-/m1/s1. The summed E-state index contributed by atoms with van der Waals surface area (Å²) in [5.41, 5.74) is -1.01. The molecule has 1 saturated heterocycles. The Bertz CT molecular complexity index is 356. The number of carbonyl (C=O) groups excluding carboxylic acids is 1. The summed E-state index contributed by atoms with van der Waals surface area (Å²) in [7, 11) is 0. The van der Waals surface area contributed by atoms with E-state index in [1.807, 2.05) is 6.92 Å². The largest absolute Gasteiger partial charge is 0.480 e. The maximum atomic E-state index is 11.7. The third-order valence-corrected chi connectivity index (χ3v) is 2.99. The molecule has 0 spiro atoms. The van der Waals surface area contributed by atoms with Crippen molar-refractivity contribution in [1.82, 2.24) is 5.32 Å². The van der Waals surface area contributed by atoms with Gasteiger partial charge in [0, 0.05) is 5.41 Å². The normalized spacial score (nSPS) is 20.0. The molecule has 7 nitrogen and oxygen atoms in total. The Morgan fingerprint density at radius 3 is 2.35 bits per heavy atom. The van der Waals surface area contributed by atoms with Gasteiger partial charge in [0.05, 0.1) is 13.2 Å². The van der Waals surface area contributed by atoms with E-state index < -0.39 is 28.9 Å². The second-order valence-electron chi connectivity index (χ2n) is 6.48. The van der Waals surface area contributed by atoms with E-state index in [4.69, 9.17) is 19.3 Å². The summed E-state index contributed by atoms with van der Waals surface area (Å²) in [6.45, 7) is 8.28. The second kappa shape index (κ2) is 6.41. The van der Waals surface area contributed by atoms with E-state index in [9.17, 15) is 9.59 Å². The topological polar surface area (TPSA) is 94.1 Å². The molecule has 0 bridgehead atoms. The van der Waals surface area contributed by atoms with Gasteiger partial charge in [0.25, 0.3) is 0 Å². The minimum atomic E-state index is -1.09. The van der Waals surface area contributed by atoms with Crippen LogP contribution in [0.25, 0.3) is 0 Å². The van der Waals surface area contributed by atoms with Crippen molar-refractivity contribution in [3.63, 3.8) is 0 Å². The first-order valence-corrected chi connectivity index (χ1v) is 6.46. The molecule has 2 N–H and O–H groups in total. The fourth-order valence-electron chi connectivity index (χ4n) is 1.81. The van der Waals surface area contributed by atoms with Crippen LogP contribution in [-0.4, -0.2) is 49.8 Å². The number of carboxylic acid groups (broad SMARTS) is 1. The van der Waals surface area contributed by atoms with Crippen LogP contribution >= 0.6 is 0 Å². The predicted octanol–water partition coefficient (Wildman–Crippen LogP) is 1.22. The molecule has 0 aromatic rings. The molecule has 0 aromatic heterocycles. The number of carboxylic acids is 1. The van der Waals surface area contributed by atoms with Crippen molar-refractivity contribution >= 4 is 12.1 Å². The lowest BCUT2D eigenvalue weighted by Gasteiger charge is -2.33. The maximum absolute atomic E-state index is 11.7. The number of hydrogen-bond acceptors (Lipinski definition) is 5. The number of hydrogen-bond donors (Lipinski definition) is 2. The Balaban J connectivity index is 2.48. The third kappa shape index (κ3) is 4.97. The number of rotatable bonds is 4. The SMILES string of the molecule is CC1(COC(=O)N[C@H](C(=O)O)C(C)(C)C)COCOC1. The molecule has 1 aliphatic rings. The first-order valence-electron chi connectivity index (χ1n) is 6.46. The summed E-state index contributed by atoms with van der Waals surface area (Å²) in [6, 6.07) is -1.01. The van der Waals surface area contributed by atoms with Gasteiger partial charge in [0.15, 0.2) is 0 Å². The zero-order chi connectivity index (χ0) is 15.4. The van der Waals surface area contributed by atoms with Gasteiger partial charge in [0.1, 0.15) is 19.4 Å². The van der Waals surface area contributed by atoms with Crippen LogP contribution in [-0.2, 0) is 19.0 Å². The summed E-state index contributed by atoms with van der Waals surface area (Å²) in [5.74, 6) is -1.09. The van der Waals surface area contributed by atoms with Crippen molar-refractivity contribution in [1.29, 1.82) is 0 Å². The first kappa shape index (κ1) is 16.7. The molecule has 1 heterocycles. The minimum Gasteiger partial charge on any atom is -0.480 e. The van der Waals surface area contributed by atoms with E-state index in [1.54, 1.807) is 20.8 Å². The molecule has 116 valence electrons. The molecule has 0 aromatic carbocycles. The molecule has 20 heavy (non-hydrogen) atoms. The molecular weight excluding hydrogens is 266 g/mol. The van der Waals surface area contributed by atoms with Gasteiger partial charge in [-0.1, -0.05) is 27.7 Å². The molecular formula is C13H23NO6. The van der Waals surface area contributed by atoms with Crippen molar-refractivity contribution in [2.75, 3.05) is 26.6 Å². The van der Waals surface area contributed by atoms with Gasteiger partial charge in [-0.15, -0.1) is 0 Å². The molecule has 1 atom stereocenters. The van der Waals surface area contributed by atoms with Crippen LogP contribution in [0.4, 0.5) is 4.79 Å². The molecule has 1 aliphatic heterocycles. The van der Waals surface area contributed by atoms with Crippen LogP contribution in [0.2, 0.25) is 0 Å². The number of nitrogens with one attached hydrogen (secondary N) is 1. The molecule has 0 radical (unpaired) electrons. The number of aliphatic carboxylic acids is 1. The van der Waals surface area contributed by atoms with Crippen LogP contribution in [0.5, 0.6) is 0 Å². The summed E-state index contributed by atoms with van der Waals surface area (Å²) < 4.78 is 15.4. The molecule has 7 heteroatoms. The maximum Gasteiger partial charge on any atom is 0.407 e. The van der Waals surface area contributed by atoms with Crippen LogP contribution in [0, 0.1) is 10.8 Å². The van der Waals surface area contributed by atoms with E-state index in [0.717, 1.165) is 0 Å². The van der Waals surface area contributed by atoms with Crippen molar-refractivity contribution in [3.8, 4) is 0 Å². The van der Waals surface area contributed by atoms with E-state index in [0.29, 0.717) is 13.2 Å². The van der Waals surface area contributed by atoms with Crippen molar-refractivity contribution in [2.24, 2.45) is 10.8 Å². The highest BCUT2D eigenvalue weighted by Crippen LogP contribution is 2.22. The highest BCUT2D eigenvalue weighted by atomic mass is 16.7. The monoisotopic (exact) mass is 289 g/mol. The van der Waals surface area contributed by atoms with Crippen LogP contribution in [0.3, 0.4) is 0 Å². The lowest BCUT2D eigenvalue weighted by atomic mass is 9.87. The van der Waals surface area contributed by atoms with Crippen molar-refractivity contribution in [2.45, 2.75) is 33.7 Å². The Morgan fingerprint density at radius 1 is 1.35 bits per heavy atom. The molecule has 1 rings (SSSR count). The fourth-order valence-corrected chi connectivity index (χ4v) is 1.81. The zero-order valence-electron chi connectivity index (χ0n) is 12.4. The van der Waals surface area contributed by atoms with Gasteiger partial charge < -0.3 is 24.6 Å². The second-order valence-corrected chi connectivity index (χ2v) is 6.48. The smallest absolute Gasteiger partial charge is 0.407 e. The van der Waals surface area contributed by atoms with E-state index >= 15 is 0 Å². The highest BCUT2D eigenvalue weighted by molar-refractivity contribution is 5.80. The predicted molar refractivity (Wildman–Crippen MR) is 70.2 cm³/mol. The van der Waals surface area contributed by atoms with E-state index in [2.05, 4.69) is 5.32 Å². The lowest BCUT2D eigenvalue weighted by Crippen LogP contribution is -2.50. The van der Waals surface area contributed by atoms with Crippen LogP contribution < -0.4 is 5.32 Å². The Kier molecular flexibility index (Phi) is 5.35. The Labute approximate surface area is 118 Å². The fraction of sp³-hybridized carbons (Fsp3) is 0.846. The van der Waals surface area contributed by atoms with Crippen LogP contribution in [0.15, 0.2) is 0 Å². The molecule has 0 aliphatic carbocycles. The highest BCUT2D eigenvalue weighted by Gasteiger charge is 2.34. The van der Waals surface area contributed by atoms with Gasteiger partial charge in [-0.2, -0.15) is 0 Å². The molecule has 1 fully saturated rings. The molecule has 0 unspecified atom stereocenters. The molecule has 1 amide bonds. The zero-order valence-corrected chi connectivity index (χ0v) is 12.4. The summed E-state index contributed by atoms with van der Waals surface area (Å²) in [5, 5.41) is 11.5. The van der Waals surface area contributed by atoms with Crippen LogP contribution in [0.1, 0.15) is 27.7 Å². The minimum absolute atomic E-state index is 0.106. The Hall–Kier alpha value is -1.34. The number of alkyl carbamates (subject to hydrolysis) is 1. The van der Waals surface area contributed by atoms with Gasteiger partial charge >= 0.3 is 12.1 Å². The van der Waals surface area contributed by atoms with Gasteiger partial charge in [-0.25, -0.2) is 9.59 Å². The first-order chi connectivity index (χ1) is 9.14. The number of carbonyl (C=O) groups is 2. The number of amides is 1. The Morgan fingerprint density at radius 2 is 1.90 bits per heavy atom. The van der Waals surface area contributed by atoms with Gasteiger partial charge in [-0.05, 0) is 5.41 Å². The number of ether oxygens (including phenoxy) is 3. The van der Waals surface area contributed by atoms with E-state index in [1.165, 1.54) is 0 Å². The van der Waals surface area contributed by atoms with Crippen molar-refractivity contribution in [3.05, 3.63) is 0 Å². The summed E-state index contributed by atoms with van der Waals surface area (Å²) in [6.07, 6.45) is -0.751. The summed E-state index contributed by atoms with van der Waals surface area (Å²) in [4.78, 5) is 22.9. The average Bonchev–Trinajstić information content (AvgIpc) is 2.33. The third-order valence-electron chi connectivity index (χ3n) is 2.99. The van der Waals surface area contributed by atoms with E-state index in [-0.39, 0.29) is 13.4 Å². The van der Waals surface area contributed by atoms with Crippen molar-refractivity contribution < 1.29 is 28.9 Å². The average molecular weight is 289 g/mol. The lowest BCUT2D eigenvalue weighted by molar-refractivity contribution is -0.169. The quantitative estimate of drug-likeness (QED) is 0.808.